The van der Waals surface area contributed by atoms with Crippen molar-refractivity contribution < 1.29 is 9.53 Å². The Morgan fingerprint density at radius 3 is 2.71 bits per heavy atom. The third-order valence-electron chi connectivity index (χ3n) is 3.73. The van der Waals surface area contributed by atoms with Gasteiger partial charge in [0.2, 0.25) is 6.04 Å². The van der Waals surface area contributed by atoms with Crippen LogP contribution in [-0.2, 0) is 9.53 Å². The van der Waals surface area contributed by atoms with Crippen LogP contribution >= 0.6 is 0 Å². The van der Waals surface area contributed by atoms with E-state index in [1.807, 2.05) is 6.92 Å². The quantitative estimate of drug-likeness (QED) is 0.471. The number of fused-ring (bicyclic) bond motifs is 2. The summed E-state index contributed by atoms with van der Waals surface area (Å²) in [6.07, 6.45) is 2.86. The first-order valence-corrected chi connectivity index (χ1v) is 5.11. The van der Waals surface area contributed by atoms with Gasteiger partial charge in [-0.2, -0.15) is 0 Å². The van der Waals surface area contributed by atoms with E-state index in [1.165, 1.54) is 6.92 Å². The van der Waals surface area contributed by atoms with Crippen molar-refractivity contribution in [1.29, 1.82) is 0 Å². The number of carbonyl (C=O) groups is 1. The zero-order chi connectivity index (χ0) is 10.3. The predicted molar refractivity (Wildman–Crippen MR) is 51.4 cm³/mol. The van der Waals surface area contributed by atoms with Crippen LogP contribution in [0.2, 0.25) is 0 Å². The number of hydrogen-bond acceptors (Lipinski definition) is 2. The fourth-order valence-corrected chi connectivity index (χ4v) is 3.12. The third-order valence-corrected chi connectivity index (χ3v) is 3.73. The molecule has 4 unspecified atom stereocenters. The van der Waals surface area contributed by atoms with E-state index in [2.05, 4.69) is 4.85 Å². The highest BCUT2D eigenvalue weighted by Crippen LogP contribution is 2.53. The highest BCUT2D eigenvalue weighted by molar-refractivity contribution is 5.66. The van der Waals surface area contributed by atoms with Crippen LogP contribution in [0.3, 0.4) is 0 Å². The lowest BCUT2D eigenvalue weighted by Crippen LogP contribution is -2.39. The van der Waals surface area contributed by atoms with Crippen LogP contribution in [-0.4, -0.2) is 17.6 Å². The molecule has 0 N–H and O–H groups in total. The van der Waals surface area contributed by atoms with Crippen LogP contribution < -0.4 is 0 Å². The minimum atomic E-state index is -0.280. The molecule has 2 bridgehead atoms. The minimum Gasteiger partial charge on any atom is -0.459 e. The number of carbonyl (C=O) groups excluding carboxylic acids is 1. The monoisotopic (exact) mass is 193 g/mol. The third kappa shape index (κ3) is 1.30. The van der Waals surface area contributed by atoms with E-state index in [0.29, 0.717) is 11.8 Å². The van der Waals surface area contributed by atoms with Gasteiger partial charge in [0.15, 0.2) is 0 Å². The zero-order valence-corrected chi connectivity index (χ0v) is 8.62. The van der Waals surface area contributed by atoms with E-state index < -0.39 is 0 Å². The molecule has 2 aliphatic rings. The number of ether oxygens (including phenoxy) is 1. The lowest BCUT2D eigenvalue weighted by atomic mass is 9.83. The average molecular weight is 193 g/mol. The largest absolute Gasteiger partial charge is 0.459 e. The molecule has 3 nitrogen and oxygen atoms in total. The summed E-state index contributed by atoms with van der Waals surface area (Å²) in [4.78, 5) is 14.6. The van der Waals surface area contributed by atoms with Crippen molar-refractivity contribution in [3.63, 3.8) is 0 Å². The van der Waals surface area contributed by atoms with E-state index in [4.69, 9.17) is 11.3 Å². The second-order valence-corrected chi connectivity index (χ2v) is 4.74. The first-order valence-electron chi connectivity index (χ1n) is 5.11. The Morgan fingerprint density at radius 1 is 1.57 bits per heavy atom. The van der Waals surface area contributed by atoms with E-state index in [1.54, 1.807) is 0 Å². The highest BCUT2D eigenvalue weighted by Gasteiger charge is 2.57. The summed E-state index contributed by atoms with van der Waals surface area (Å²) in [6, 6.07) is 0.184. The molecule has 0 aliphatic heterocycles. The Bertz CT molecular complexity index is 307. The van der Waals surface area contributed by atoms with Crippen molar-refractivity contribution in [1.82, 2.24) is 0 Å². The maximum atomic E-state index is 10.9. The van der Waals surface area contributed by atoms with Crippen molar-refractivity contribution in [3.8, 4) is 0 Å². The lowest BCUT2D eigenvalue weighted by Gasteiger charge is -2.33. The molecule has 0 aromatic carbocycles. The molecule has 2 fully saturated rings. The first-order chi connectivity index (χ1) is 6.55. The predicted octanol–water partition coefficient (Wildman–Crippen LogP) is 2.03. The molecular formula is C11H15NO2. The Morgan fingerprint density at radius 2 is 2.29 bits per heavy atom. The SMILES string of the molecule is [C-]#[N+]C1CC2CC1CC2(C)OC(C)=O. The normalized spacial score (nSPS) is 44.8. The fraction of sp³-hybridized carbons (Fsp3) is 0.818. The Labute approximate surface area is 84.3 Å². The van der Waals surface area contributed by atoms with Crippen molar-refractivity contribution in [3.05, 3.63) is 11.4 Å². The van der Waals surface area contributed by atoms with Crippen LogP contribution in [0.4, 0.5) is 0 Å². The molecule has 76 valence electrons. The molecule has 2 rings (SSSR count). The Kier molecular flexibility index (Phi) is 2.02. The summed E-state index contributed by atoms with van der Waals surface area (Å²) < 4.78 is 5.38. The molecule has 14 heavy (non-hydrogen) atoms. The van der Waals surface area contributed by atoms with E-state index >= 15 is 0 Å². The number of hydrogen-bond donors (Lipinski definition) is 0. The molecular weight excluding hydrogens is 178 g/mol. The molecule has 0 spiro atoms. The molecule has 2 saturated carbocycles. The van der Waals surface area contributed by atoms with E-state index in [9.17, 15) is 4.79 Å². The summed E-state index contributed by atoms with van der Waals surface area (Å²) in [6.45, 7) is 10.5. The number of rotatable bonds is 1. The minimum absolute atomic E-state index is 0.184. The smallest absolute Gasteiger partial charge is 0.303 e. The van der Waals surface area contributed by atoms with Gasteiger partial charge in [-0.1, -0.05) is 0 Å². The summed E-state index contributed by atoms with van der Waals surface area (Å²) in [7, 11) is 0. The molecule has 0 aromatic rings. The maximum Gasteiger partial charge on any atom is 0.303 e. The van der Waals surface area contributed by atoms with Gasteiger partial charge in [-0.05, 0) is 19.8 Å². The molecule has 2 aliphatic carbocycles. The molecule has 3 heteroatoms. The van der Waals surface area contributed by atoms with E-state index in [0.717, 1.165) is 19.3 Å². The van der Waals surface area contributed by atoms with Gasteiger partial charge < -0.3 is 9.58 Å². The van der Waals surface area contributed by atoms with Gasteiger partial charge in [0.05, 0.1) is 0 Å². The first kappa shape index (κ1) is 9.51. The van der Waals surface area contributed by atoms with Gasteiger partial charge in [-0.15, -0.1) is 0 Å². The summed E-state index contributed by atoms with van der Waals surface area (Å²) >= 11 is 0. The fourth-order valence-electron chi connectivity index (χ4n) is 3.12. The second-order valence-electron chi connectivity index (χ2n) is 4.74. The van der Waals surface area contributed by atoms with Crippen molar-refractivity contribution in [2.24, 2.45) is 11.8 Å². The molecule has 4 atom stereocenters. The molecule has 0 amide bonds. The second kappa shape index (κ2) is 2.98. The van der Waals surface area contributed by atoms with Crippen LogP contribution in [0.1, 0.15) is 33.1 Å². The van der Waals surface area contributed by atoms with Crippen LogP contribution in [0.15, 0.2) is 0 Å². The zero-order valence-electron chi connectivity index (χ0n) is 8.62. The summed E-state index contributed by atoms with van der Waals surface area (Å²) in [5, 5.41) is 0. The molecule has 0 heterocycles. The van der Waals surface area contributed by atoms with Gasteiger partial charge in [0.1, 0.15) is 5.60 Å². The number of esters is 1. The van der Waals surface area contributed by atoms with Gasteiger partial charge in [-0.25, -0.2) is 6.57 Å². The van der Waals surface area contributed by atoms with Gasteiger partial charge in [0, 0.05) is 25.2 Å². The van der Waals surface area contributed by atoms with Gasteiger partial charge in [0.25, 0.3) is 0 Å². The van der Waals surface area contributed by atoms with Crippen molar-refractivity contribution in [2.75, 3.05) is 0 Å². The summed E-state index contributed by atoms with van der Waals surface area (Å²) in [5.74, 6) is 0.678. The van der Waals surface area contributed by atoms with Crippen molar-refractivity contribution in [2.45, 2.75) is 44.8 Å². The highest BCUT2D eigenvalue weighted by atomic mass is 16.6. The number of nitrogens with zero attached hydrogens (tertiary/aromatic N) is 1. The van der Waals surface area contributed by atoms with Gasteiger partial charge in [-0.3, -0.25) is 4.79 Å². The van der Waals surface area contributed by atoms with Gasteiger partial charge >= 0.3 is 5.97 Å². The lowest BCUT2D eigenvalue weighted by molar-refractivity contribution is -0.160. The van der Waals surface area contributed by atoms with Crippen molar-refractivity contribution >= 4 is 5.97 Å². The van der Waals surface area contributed by atoms with E-state index in [-0.39, 0.29) is 17.6 Å². The Hall–Kier alpha value is -1.04. The Balaban J connectivity index is 2.09. The van der Waals surface area contributed by atoms with Crippen LogP contribution in [0, 0.1) is 18.4 Å². The molecule has 0 radical (unpaired) electrons. The standard InChI is InChI=1S/C11H15NO2/c1-7(13)14-11(2)6-8-4-9(11)5-10(8)12-3/h8-10H,4-6H2,1-2H3. The maximum absolute atomic E-state index is 10.9. The molecule has 0 saturated heterocycles. The summed E-state index contributed by atoms with van der Waals surface area (Å²) in [5.41, 5.74) is -0.280. The van der Waals surface area contributed by atoms with Crippen LogP contribution in [0.5, 0.6) is 0 Å². The average Bonchev–Trinajstić information content (AvgIpc) is 2.57. The molecule has 0 aromatic heterocycles. The topological polar surface area (TPSA) is 30.7 Å². The van der Waals surface area contributed by atoms with Crippen LogP contribution in [0.25, 0.3) is 4.85 Å².